The van der Waals surface area contributed by atoms with Crippen molar-refractivity contribution in [3.8, 4) is 0 Å². The second-order valence-electron chi connectivity index (χ2n) is 5.82. The van der Waals surface area contributed by atoms with E-state index in [-0.39, 0.29) is 0 Å². The van der Waals surface area contributed by atoms with Crippen LogP contribution in [-0.2, 0) is 0 Å². The zero-order valence-corrected chi connectivity index (χ0v) is 11.6. The SMILES string of the molecule is CC1CCCN(CC2(CBr)CCCC2)C1. The quantitative estimate of drug-likeness (QED) is 0.710. The van der Waals surface area contributed by atoms with Crippen molar-refractivity contribution in [1.82, 2.24) is 4.90 Å². The Morgan fingerprint density at radius 1 is 1.27 bits per heavy atom. The molecule has 1 atom stereocenters. The molecule has 1 nitrogen and oxygen atoms in total. The fraction of sp³-hybridized carbons (Fsp3) is 1.00. The summed E-state index contributed by atoms with van der Waals surface area (Å²) in [6.07, 6.45) is 8.66. The molecule has 1 saturated carbocycles. The second-order valence-corrected chi connectivity index (χ2v) is 6.38. The third-order valence-electron chi connectivity index (χ3n) is 4.25. The highest BCUT2D eigenvalue weighted by Gasteiger charge is 2.35. The average Bonchev–Trinajstić information content (AvgIpc) is 2.67. The van der Waals surface area contributed by atoms with E-state index in [1.54, 1.807) is 0 Å². The largest absolute Gasteiger partial charge is 0.302 e. The predicted octanol–water partition coefficient (Wildman–Crippen LogP) is 3.67. The lowest BCUT2D eigenvalue weighted by Crippen LogP contribution is -2.42. The Morgan fingerprint density at radius 3 is 2.60 bits per heavy atom. The fourth-order valence-electron chi connectivity index (χ4n) is 3.36. The van der Waals surface area contributed by atoms with Gasteiger partial charge in [0.1, 0.15) is 0 Å². The highest BCUT2D eigenvalue weighted by molar-refractivity contribution is 9.09. The molecular weight excluding hydrogens is 250 g/mol. The Labute approximate surface area is 103 Å². The van der Waals surface area contributed by atoms with E-state index in [1.807, 2.05) is 0 Å². The van der Waals surface area contributed by atoms with Crippen molar-refractivity contribution in [3.05, 3.63) is 0 Å². The normalized spacial score (nSPS) is 32.0. The van der Waals surface area contributed by atoms with Gasteiger partial charge < -0.3 is 4.90 Å². The van der Waals surface area contributed by atoms with Crippen LogP contribution in [0.15, 0.2) is 0 Å². The van der Waals surface area contributed by atoms with E-state index in [4.69, 9.17) is 0 Å². The maximum absolute atomic E-state index is 3.75. The van der Waals surface area contributed by atoms with Crippen molar-refractivity contribution >= 4 is 15.9 Å². The van der Waals surface area contributed by atoms with E-state index in [1.165, 1.54) is 63.5 Å². The van der Waals surface area contributed by atoms with Gasteiger partial charge in [-0.25, -0.2) is 0 Å². The van der Waals surface area contributed by atoms with Crippen molar-refractivity contribution in [3.63, 3.8) is 0 Å². The van der Waals surface area contributed by atoms with Crippen LogP contribution < -0.4 is 0 Å². The van der Waals surface area contributed by atoms with Gasteiger partial charge in [0.2, 0.25) is 0 Å². The first-order chi connectivity index (χ1) is 7.24. The van der Waals surface area contributed by atoms with E-state index in [0.717, 1.165) is 5.92 Å². The molecule has 0 aromatic heterocycles. The number of likely N-dealkylation sites (tertiary alicyclic amines) is 1. The van der Waals surface area contributed by atoms with Crippen molar-refractivity contribution < 1.29 is 0 Å². The molecule has 2 aliphatic rings. The predicted molar refractivity (Wildman–Crippen MR) is 69.5 cm³/mol. The summed E-state index contributed by atoms with van der Waals surface area (Å²) < 4.78 is 0. The third kappa shape index (κ3) is 2.97. The Balaban J connectivity index is 1.88. The molecule has 0 radical (unpaired) electrons. The van der Waals surface area contributed by atoms with E-state index in [2.05, 4.69) is 27.8 Å². The molecule has 0 spiro atoms. The Morgan fingerprint density at radius 2 is 2.00 bits per heavy atom. The van der Waals surface area contributed by atoms with Crippen LogP contribution >= 0.6 is 15.9 Å². The van der Waals surface area contributed by atoms with Gasteiger partial charge in [0.05, 0.1) is 0 Å². The van der Waals surface area contributed by atoms with Gasteiger partial charge in [-0.3, -0.25) is 0 Å². The maximum Gasteiger partial charge on any atom is 0.0100 e. The maximum atomic E-state index is 3.75. The number of piperidine rings is 1. The topological polar surface area (TPSA) is 3.24 Å². The number of alkyl halides is 1. The van der Waals surface area contributed by atoms with Crippen LogP contribution in [0.5, 0.6) is 0 Å². The van der Waals surface area contributed by atoms with E-state index < -0.39 is 0 Å². The van der Waals surface area contributed by atoms with E-state index >= 15 is 0 Å². The molecule has 1 heterocycles. The van der Waals surface area contributed by atoms with Gasteiger partial charge in [0, 0.05) is 18.4 Å². The molecule has 15 heavy (non-hydrogen) atoms. The van der Waals surface area contributed by atoms with Gasteiger partial charge in [0.25, 0.3) is 0 Å². The average molecular weight is 274 g/mol. The molecule has 1 saturated heterocycles. The van der Waals surface area contributed by atoms with Crippen LogP contribution in [0.4, 0.5) is 0 Å². The summed E-state index contributed by atoms with van der Waals surface area (Å²) in [4.78, 5) is 2.72. The van der Waals surface area contributed by atoms with Gasteiger partial charge in [0.15, 0.2) is 0 Å². The molecule has 0 aromatic rings. The van der Waals surface area contributed by atoms with Crippen LogP contribution in [0, 0.1) is 11.3 Å². The Bertz CT molecular complexity index is 199. The Kier molecular flexibility index (Phi) is 4.11. The highest BCUT2D eigenvalue weighted by Crippen LogP contribution is 2.40. The van der Waals surface area contributed by atoms with Crippen molar-refractivity contribution in [1.29, 1.82) is 0 Å². The summed E-state index contributed by atoms with van der Waals surface area (Å²) in [6.45, 7) is 6.44. The van der Waals surface area contributed by atoms with E-state index in [0.29, 0.717) is 5.41 Å². The summed E-state index contributed by atoms with van der Waals surface area (Å²) in [7, 11) is 0. The molecule has 1 unspecified atom stereocenters. The van der Waals surface area contributed by atoms with Crippen LogP contribution in [0.1, 0.15) is 45.4 Å². The number of halogens is 1. The first kappa shape index (κ1) is 11.9. The minimum Gasteiger partial charge on any atom is -0.302 e. The molecule has 1 aliphatic heterocycles. The summed E-state index contributed by atoms with van der Waals surface area (Å²) in [5.74, 6) is 0.924. The lowest BCUT2D eigenvalue weighted by molar-refractivity contribution is 0.123. The summed E-state index contributed by atoms with van der Waals surface area (Å²) >= 11 is 3.75. The summed E-state index contributed by atoms with van der Waals surface area (Å²) in [6, 6.07) is 0. The molecular formula is C13H24BrN. The molecule has 1 aliphatic carbocycles. The molecule has 2 rings (SSSR count). The summed E-state index contributed by atoms with van der Waals surface area (Å²) in [5.41, 5.74) is 0.622. The third-order valence-corrected chi connectivity index (χ3v) is 5.44. The van der Waals surface area contributed by atoms with Crippen LogP contribution in [-0.4, -0.2) is 29.9 Å². The molecule has 2 fully saturated rings. The standard InChI is InChI=1S/C13H24BrN/c1-12-5-4-8-15(9-12)11-13(10-14)6-2-3-7-13/h12H,2-11H2,1H3. The number of hydrogen-bond donors (Lipinski definition) is 0. The molecule has 0 aromatic carbocycles. The van der Waals surface area contributed by atoms with Gasteiger partial charge >= 0.3 is 0 Å². The van der Waals surface area contributed by atoms with Crippen LogP contribution in [0.25, 0.3) is 0 Å². The monoisotopic (exact) mass is 273 g/mol. The number of rotatable bonds is 3. The molecule has 88 valence electrons. The summed E-state index contributed by atoms with van der Waals surface area (Å²) in [5, 5.41) is 1.21. The fourth-order valence-corrected chi connectivity index (χ4v) is 4.10. The highest BCUT2D eigenvalue weighted by atomic mass is 79.9. The zero-order chi connectivity index (χ0) is 10.7. The number of hydrogen-bond acceptors (Lipinski definition) is 1. The van der Waals surface area contributed by atoms with Gasteiger partial charge in [-0.15, -0.1) is 0 Å². The first-order valence-corrected chi connectivity index (χ1v) is 7.65. The molecule has 0 N–H and O–H groups in total. The van der Waals surface area contributed by atoms with Gasteiger partial charge in [-0.1, -0.05) is 35.7 Å². The minimum atomic E-state index is 0.622. The molecule has 2 heteroatoms. The molecule has 0 bridgehead atoms. The lowest BCUT2D eigenvalue weighted by atomic mass is 9.87. The molecule has 0 amide bonds. The van der Waals surface area contributed by atoms with Gasteiger partial charge in [-0.2, -0.15) is 0 Å². The van der Waals surface area contributed by atoms with Crippen molar-refractivity contribution in [2.75, 3.05) is 25.0 Å². The zero-order valence-electron chi connectivity index (χ0n) is 9.97. The van der Waals surface area contributed by atoms with Crippen molar-refractivity contribution in [2.45, 2.75) is 45.4 Å². The van der Waals surface area contributed by atoms with Crippen LogP contribution in [0.2, 0.25) is 0 Å². The van der Waals surface area contributed by atoms with Gasteiger partial charge in [-0.05, 0) is 43.6 Å². The minimum absolute atomic E-state index is 0.622. The first-order valence-electron chi connectivity index (χ1n) is 6.52. The van der Waals surface area contributed by atoms with Crippen molar-refractivity contribution in [2.24, 2.45) is 11.3 Å². The lowest BCUT2D eigenvalue weighted by Gasteiger charge is -2.38. The number of nitrogens with zero attached hydrogens (tertiary/aromatic N) is 1. The van der Waals surface area contributed by atoms with Crippen LogP contribution in [0.3, 0.4) is 0 Å². The second kappa shape index (κ2) is 5.18. The Hall–Kier alpha value is 0.440. The van der Waals surface area contributed by atoms with E-state index in [9.17, 15) is 0 Å². The smallest absolute Gasteiger partial charge is 0.0100 e.